The van der Waals surface area contributed by atoms with Gasteiger partial charge < -0.3 is 10.4 Å². The van der Waals surface area contributed by atoms with Crippen LogP contribution in [0.4, 0.5) is 0 Å². The largest absolute Gasteiger partial charge is 0.375 e. The summed E-state index contributed by atoms with van der Waals surface area (Å²) < 4.78 is 28.4. The van der Waals surface area contributed by atoms with Gasteiger partial charge in [-0.15, -0.1) is 0 Å². The van der Waals surface area contributed by atoms with E-state index in [9.17, 15) is 13.2 Å². The molecule has 0 saturated heterocycles. The van der Waals surface area contributed by atoms with Crippen LogP contribution in [-0.4, -0.2) is 36.5 Å². The summed E-state index contributed by atoms with van der Waals surface area (Å²) in [6, 6.07) is 0. The minimum Gasteiger partial charge on any atom is -0.375 e. The number of carbonyl (C=O) groups is 1. The Morgan fingerprint density at radius 3 is 2.36 bits per heavy atom. The molecule has 1 atom stereocenters. The van der Waals surface area contributed by atoms with Crippen molar-refractivity contribution in [3.63, 3.8) is 0 Å². The van der Waals surface area contributed by atoms with E-state index in [-0.39, 0.29) is 0 Å². The molecule has 0 spiro atoms. The lowest BCUT2D eigenvalue weighted by molar-refractivity contribution is -0.121. The highest BCUT2D eigenvalue weighted by atomic mass is 32.2. The smallest absolute Gasteiger partial charge is 0.292 e. The summed E-state index contributed by atoms with van der Waals surface area (Å²) in [7, 11) is -3.22. The van der Waals surface area contributed by atoms with Gasteiger partial charge in [0.2, 0.25) is 5.91 Å². The van der Waals surface area contributed by atoms with E-state index in [1.165, 1.54) is 7.05 Å². The molecule has 0 heterocycles. The number of carbonyl (C=O) groups excluding carboxylic acids is 1. The zero-order valence-corrected chi connectivity index (χ0v) is 6.63. The van der Waals surface area contributed by atoms with E-state index in [4.69, 9.17) is 9.66 Å². The molecule has 66 valence electrons. The molecule has 1 unspecified atom stereocenters. The van der Waals surface area contributed by atoms with Crippen LogP contribution < -0.4 is 5.32 Å². The van der Waals surface area contributed by atoms with Crippen LogP contribution in [-0.2, 0) is 14.9 Å². The van der Waals surface area contributed by atoms with Gasteiger partial charge in [0.25, 0.3) is 10.1 Å². The molecule has 0 aliphatic rings. The highest BCUT2D eigenvalue weighted by molar-refractivity contribution is 7.86. The number of aliphatic hydroxyl groups is 1. The average molecular weight is 183 g/mol. The number of rotatable bonds is 3. The summed E-state index contributed by atoms with van der Waals surface area (Å²) in [6.45, 7) is 0. The van der Waals surface area contributed by atoms with E-state index >= 15 is 0 Å². The van der Waals surface area contributed by atoms with Gasteiger partial charge in [-0.3, -0.25) is 9.35 Å². The second-order valence-corrected chi connectivity index (χ2v) is 3.42. The molecule has 0 rings (SSSR count). The van der Waals surface area contributed by atoms with Gasteiger partial charge in [-0.25, -0.2) is 0 Å². The summed E-state index contributed by atoms with van der Waals surface area (Å²) in [5.41, 5.74) is -2.04. The first-order valence-electron chi connectivity index (χ1n) is 2.73. The first kappa shape index (κ1) is 10.3. The molecule has 0 saturated carbocycles. The number of hydrogen-bond acceptors (Lipinski definition) is 4. The lowest BCUT2D eigenvalue weighted by Gasteiger charge is -2.04. The molecule has 0 fully saturated rings. The molecule has 0 radical (unpaired) electrons. The van der Waals surface area contributed by atoms with Crippen molar-refractivity contribution in [2.75, 3.05) is 7.05 Å². The molecular weight excluding hydrogens is 174 g/mol. The third-order valence-electron chi connectivity index (χ3n) is 0.983. The van der Waals surface area contributed by atoms with Crippen LogP contribution in [0.5, 0.6) is 0 Å². The van der Waals surface area contributed by atoms with Crippen LogP contribution in [0.25, 0.3) is 0 Å². The highest BCUT2D eigenvalue weighted by Crippen LogP contribution is 1.98. The fourth-order valence-electron chi connectivity index (χ4n) is 0.366. The fraction of sp³-hybridized carbons (Fsp3) is 0.750. The van der Waals surface area contributed by atoms with E-state index in [0.717, 1.165) is 0 Å². The minimum atomic E-state index is -4.51. The summed E-state index contributed by atoms with van der Waals surface area (Å²) in [4.78, 5) is 10.4. The van der Waals surface area contributed by atoms with Crippen molar-refractivity contribution in [2.45, 2.75) is 11.9 Å². The van der Waals surface area contributed by atoms with Gasteiger partial charge in [0.15, 0.2) is 5.44 Å². The van der Waals surface area contributed by atoms with Crippen molar-refractivity contribution in [3.8, 4) is 0 Å². The Labute approximate surface area is 64.0 Å². The molecule has 3 N–H and O–H groups in total. The number of amides is 1. The van der Waals surface area contributed by atoms with E-state index in [1.807, 2.05) is 0 Å². The topological polar surface area (TPSA) is 104 Å². The fourth-order valence-corrected chi connectivity index (χ4v) is 0.728. The van der Waals surface area contributed by atoms with Gasteiger partial charge in [-0.2, -0.15) is 8.42 Å². The van der Waals surface area contributed by atoms with E-state index in [0.29, 0.717) is 0 Å². The molecule has 0 aliphatic carbocycles. The summed E-state index contributed by atoms with van der Waals surface area (Å²) in [6.07, 6.45) is -0.657. The number of aliphatic hydroxyl groups excluding tert-OH is 1. The maximum Gasteiger partial charge on any atom is 0.292 e. The van der Waals surface area contributed by atoms with Gasteiger partial charge >= 0.3 is 0 Å². The third-order valence-corrected chi connectivity index (χ3v) is 1.84. The zero-order chi connectivity index (χ0) is 9.07. The van der Waals surface area contributed by atoms with Crippen LogP contribution in [0, 0.1) is 0 Å². The summed E-state index contributed by atoms with van der Waals surface area (Å²) in [5, 5.41) is 10.7. The maximum absolute atomic E-state index is 10.4. The highest BCUT2D eigenvalue weighted by Gasteiger charge is 2.21. The van der Waals surface area contributed by atoms with Crippen molar-refractivity contribution in [2.24, 2.45) is 0 Å². The van der Waals surface area contributed by atoms with Crippen molar-refractivity contribution in [1.82, 2.24) is 5.32 Å². The lowest BCUT2D eigenvalue weighted by Crippen LogP contribution is -2.28. The van der Waals surface area contributed by atoms with Gasteiger partial charge in [-0.05, 0) is 0 Å². The average Bonchev–Trinajstić information content (AvgIpc) is 1.85. The lowest BCUT2D eigenvalue weighted by atomic mass is 10.4. The number of nitrogens with one attached hydrogen (secondary N) is 1. The van der Waals surface area contributed by atoms with Crippen molar-refractivity contribution < 1.29 is 22.9 Å². The molecule has 0 aliphatic heterocycles. The van der Waals surface area contributed by atoms with Crippen LogP contribution in [0.2, 0.25) is 0 Å². The SMILES string of the molecule is CNC(=O)CC(O)S(=O)(=O)O. The Hall–Kier alpha value is -0.660. The molecule has 0 aromatic carbocycles. The van der Waals surface area contributed by atoms with E-state index in [1.54, 1.807) is 0 Å². The maximum atomic E-state index is 10.4. The van der Waals surface area contributed by atoms with Gasteiger partial charge in [-0.1, -0.05) is 0 Å². The second-order valence-electron chi connectivity index (χ2n) is 1.85. The Morgan fingerprint density at radius 2 is 2.09 bits per heavy atom. The number of hydrogen-bond donors (Lipinski definition) is 3. The Morgan fingerprint density at radius 1 is 1.64 bits per heavy atom. The van der Waals surface area contributed by atoms with E-state index in [2.05, 4.69) is 5.32 Å². The predicted molar refractivity (Wildman–Crippen MR) is 36.2 cm³/mol. The molecular formula is C4H9NO5S. The van der Waals surface area contributed by atoms with Crippen LogP contribution in [0.1, 0.15) is 6.42 Å². The van der Waals surface area contributed by atoms with Crippen LogP contribution in [0.3, 0.4) is 0 Å². The van der Waals surface area contributed by atoms with Crippen LogP contribution >= 0.6 is 0 Å². The molecule has 0 aromatic heterocycles. The molecule has 11 heavy (non-hydrogen) atoms. The molecule has 6 nitrogen and oxygen atoms in total. The van der Waals surface area contributed by atoms with Gasteiger partial charge in [0.05, 0.1) is 6.42 Å². The van der Waals surface area contributed by atoms with Gasteiger partial charge in [0.1, 0.15) is 0 Å². The predicted octanol–water partition coefficient (Wildman–Crippen LogP) is -1.67. The van der Waals surface area contributed by atoms with Crippen molar-refractivity contribution >= 4 is 16.0 Å². The van der Waals surface area contributed by atoms with E-state index < -0.39 is 27.9 Å². The minimum absolute atomic E-state index is 0.657. The Kier molecular flexibility index (Phi) is 3.43. The van der Waals surface area contributed by atoms with Gasteiger partial charge in [0, 0.05) is 7.05 Å². The summed E-state index contributed by atoms with van der Waals surface area (Å²) >= 11 is 0. The molecule has 1 amide bonds. The first-order valence-corrected chi connectivity index (χ1v) is 4.23. The normalized spacial score (nSPS) is 14.1. The summed E-state index contributed by atoms with van der Waals surface area (Å²) in [5.74, 6) is -0.657. The standard InChI is InChI=1S/C4H9NO5S/c1-5-3(6)2-4(7)11(8,9)10/h4,7H,2H2,1H3,(H,5,6)(H,8,9,10). The van der Waals surface area contributed by atoms with Crippen molar-refractivity contribution in [1.29, 1.82) is 0 Å². The third kappa shape index (κ3) is 3.91. The molecule has 7 heteroatoms. The van der Waals surface area contributed by atoms with Crippen molar-refractivity contribution in [3.05, 3.63) is 0 Å². The monoisotopic (exact) mass is 183 g/mol. The first-order chi connectivity index (χ1) is 4.88. The molecule has 0 aromatic rings. The quantitative estimate of drug-likeness (QED) is 0.454. The zero-order valence-electron chi connectivity index (χ0n) is 5.81. The molecule has 0 bridgehead atoms. The second kappa shape index (κ2) is 3.65. The Bertz CT molecular complexity index is 233. The van der Waals surface area contributed by atoms with Crippen LogP contribution in [0.15, 0.2) is 0 Å². The Balaban J connectivity index is 4.10.